The van der Waals surface area contributed by atoms with E-state index in [-0.39, 0.29) is 5.56 Å². The quantitative estimate of drug-likeness (QED) is 0.503. The Morgan fingerprint density at radius 2 is 2.07 bits per heavy atom. The van der Waals surface area contributed by atoms with Crippen molar-refractivity contribution in [3.63, 3.8) is 0 Å². The predicted molar refractivity (Wildman–Crippen MR) is 107 cm³/mol. The molecule has 0 amide bonds. The lowest BCUT2D eigenvalue weighted by Gasteiger charge is -2.08. The van der Waals surface area contributed by atoms with Crippen LogP contribution in [-0.4, -0.2) is 24.1 Å². The number of thioether (sulfide) groups is 1. The molecule has 0 bridgehead atoms. The molecule has 27 heavy (non-hydrogen) atoms. The Hall–Kier alpha value is -3.24. The summed E-state index contributed by atoms with van der Waals surface area (Å²) in [6.45, 7) is 0. The first kappa shape index (κ1) is 18.5. The van der Waals surface area contributed by atoms with E-state index in [2.05, 4.69) is 15.3 Å². The number of H-pyrrole nitrogens is 1. The lowest BCUT2D eigenvalue weighted by molar-refractivity contribution is 0.415. The summed E-state index contributed by atoms with van der Waals surface area (Å²) >= 11 is 1.41. The Morgan fingerprint density at radius 3 is 2.81 bits per heavy atom. The molecule has 136 valence electrons. The van der Waals surface area contributed by atoms with Gasteiger partial charge in [0.05, 0.1) is 12.8 Å². The molecule has 1 aromatic heterocycles. The number of aromatic amines is 1. The summed E-state index contributed by atoms with van der Waals surface area (Å²) in [5, 5.41) is 13.0. The number of nitrogens with one attached hydrogen (secondary N) is 2. The fraction of sp³-hybridized carbons (Fsp3) is 0.150. The van der Waals surface area contributed by atoms with E-state index < -0.39 is 5.56 Å². The van der Waals surface area contributed by atoms with E-state index in [9.17, 15) is 10.1 Å². The zero-order chi connectivity index (χ0) is 19.2. The third kappa shape index (κ3) is 4.30. The Bertz CT molecular complexity index is 1060. The molecule has 0 aliphatic heterocycles. The molecular weight excluding hydrogens is 360 g/mol. The normalized spacial score (nSPS) is 10.3. The molecule has 0 aliphatic carbocycles. The van der Waals surface area contributed by atoms with E-state index >= 15 is 0 Å². The van der Waals surface area contributed by atoms with E-state index in [1.165, 1.54) is 11.8 Å². The summed E-state index contributed by atoms with van der Waals surface area (Å²) in [5.41, 5.74) is 2.68. The Balaban J connectivity index is 1.94. The molecule has 6 nitrogen and oxygen atoms in total. The van der Waals surface area contributed by atoms with Gasteiger partial charge in [-0.1, -0.05) is 36.0 Å². The molecule has 0 atom stereocenters. The Kier molecular flexibility index (Phi) is 5.79. The molecule has 0 saturated heterocycles. The number of hydrogen-bond donors (Lipinski definition) is 2. The maximum absolute atomic E-state index is 12.4. The standard InChI is InChI=1S/C20H18N4O2S/c1-22-15-7-3-5-13(9-15)12-27-20-23-18(17(11-21)19(25)24-20)14-6-4-8-16(10-14)26-2/h3-10,22H,12H2,1-2H3,(H,23,24,25). The lowest BCUT2D eigenvalue weighted by Crippen LogP contribution is -2.14. The van der Waals surface area contributed by atoms with Crippen molar-refractivity contribution in [1.82, 2.24) is 9.97 Å². The van der Waals surface area contributed by atoms with Crippen LogP contribution in [0.3, 0.4) is 0 Å². The number of nitrogens with zero attached hydrogens (tertiary/aromatic N) is 2. The zero-order valence-electron chi connectivity index (χ0n) is 14.9. The molecular formula is C20H18N4O2S. The number of nitriles is 1. The van der Waals surface area contributed by atoms with Gasteiger partial charge in [0.25, 0.3) is 5.56 Å². The van der Waals surface area contributed by atoms with Crippen LogP contribution in [-0.2, 0) is 5.75 Å². The minimum absolute atomic E-state index is 0.00946. The minimum atomic E-state index is -0.447. The van der Waals surface area contributed by atoms with Crippen molar-refractivity contribution >= 4 is 17.4 Å². The fourth-order valence-corrected chi connectivity index (χ4v) is 3.38. The van der Waals surface area contributed by atoms with E-state index in [1.54, 1.807) is 31.4 Å². The van der Waals surface area contributed by atoms with Gasteiger partial charge in [-0.2, -0.15) is 5.26 Å². The average Bonchev–Trinajstić information content (AvgIpc) is 2.72. The van der Waals surface area contributed by atoms with Crippen LogP contribution in [0.4, 0.5) is 5.69 Å². The second-order valence-corrected chi connectivity index (χ2v) is 6.64. The number of benzene rings is 2. The van der Waals surface area contributed by atoms with Crippen molar-refractivity contribution < 1.29 is 4.74 Å². The van der Waals surface area contributed by atoms with Crippen molar-refractivity contribution in [2.45, 2.75) is 10.9 Å². The Labute approximate surface area is 161 Å². The fourth-order valence-electron chi connectivity index (χ4n) is 2.57. The summed E-state index contributed by atoms with van der Waals surface area (Å²) in [4.78, 5) is 19.6. The second-order valence-electron chi connectivity index (χ2n) is 5.68. The van der Waals surface area contributed by atoms with Gasteiger partial charge >= 0.3 is 0 Å². The molecule has 2 aromatic carbocycles. The van der Waals surface area contributed by atoms with Crippen LogP contribution in [0.2, 0.25) is 0 Å². The van der Waals surface area contributed by atoms with Crippen molar-refractivity contribution in [3.8, 4) is 23.1 Å². The molecule has 7 heteroatoms. The topological polar surface area (TPSA) is 90.8 Å². The van der Waals surface area contributed by atoms with Crippen LogP contribution in [0.5, 0.6) is 5.75 Å². The van der Waals surface area contributed by atoms with Gasteiger partial charge in [0, 0.05) is 24.1 Å². The predicted octanol–water partition coefficient (Wildman–Crippen LogP) is 3.65. The van der Waals surface area contributed by atoms with E-state index in [0.29, 0.717) is 27.9 Å². The van der Waals surface area contributed by atoms with Crippen molar-refractivity contribution in [2.75, 3.05) is 19.5 Å². The Morgan fingerprint density at radius 1 is 1.26 bits per heavy atom. The molecule has 2 N–H and O–H groups in total. The molecule has 0 spiro atoms. The number of methoxy groups -OCH3 is 1. The van der Waals surface area contributed by atoms with Crippen LogP contribution < -0.4 is 15.6 Å². The molecule has 0 radical (unpaired) electrons. The van der Waals surface area contributed by atoms with Crippen molar-refractivity contribution in [3.05, 3.63) is 70.0 Å². The minimum Gasteiger partial charge on any atom is -0.497 e. The second kappa shape index (κ2) is 8.43. The monoisotopic (exact) mass is 378 g/mol. The summed E-state index contributed by atoms with van der Waals surface area (Å²) in [6, 6.07) is 17.1. The van der Waals surface area contributed by atoms with E-state index in [0.717, 1.165) is 11.3 Å². The SMILES string of the molecule is CNc1cccc(CSc2nc(-c3cccc(OC)c3)c(C#N)c(=O)[nH]2)c1. The molecule has 0 saturated carbocycles. The van der Waals surface area contributed by atoms with E-state index in [4.69, 9.17) is 4.74 Å². The van der Waals surface area contributed by atoms with Crippen molar-refractivity contribution in [1.29, 1.82) is 5.26 Å². The third-order valence-electron chi connectivity index (χ3n) is 3.94. The number of hydrogen-bond acceptors (Lipinski definition) is 6. The summed E-state index contributed by atoms with van der Waals surface area (Å²) in [6.07, 6.45) is 0. The first-order chi connectivity index (χ1) is 13.1. The van der Waals surface area contributed by atoms with E-state index in [1.807, 2.05) is 37.4 Å². The van der Waals surface area contributed by atoms with Gasteiger partial charge in [0.2, 0.25) is 0 Å². The highest BCUT2D eigenvalue weighted by molar-refractivity contribution is 7.98. The first-order valence-electron chi connectivity index (χ1n) is 8.23. The lowest BCUT2D eigenvalue weighted by atomic mass is 10.1. The largest absolute Gasteiger partial charge is 0.497 e. The maximum atomic E-state index is 12.4. The molecule has 1 heterocycles. The molecule has 3 rings (SSSR count). The van der Waals surface area contributed by atoms with Crippen molar-refractivity contribution in [2.24, 2.45) is 0 Å². The molecule has 3 aromatic rings. The maximum Gasteiger partial charge on any atom is 0.270 e. The van der Waals surface area contributed by atoms with Crippen LogP contribution in [0.15, 0.2) is 58.5 Å². The highest BCUT2D eigenvalue weighted by atomic mass is 32.2. The number of ether oxygens (including phenoxy) is 1. The molecule has 0 aliphatic rings. The van der Waals surface area contributed by atoms with Gasteiger partial charge in [-0.3, -0.25) is 4.79 Å². The smallest absolute Gasteiger partial charge is 0.270 e. The van der Waals surface area contributed by atoms with Crippen LogP contribution in [0.1, 0.15) is 11.1 Å². The van der Waals surface area contributed by atoms with Gasteiger partial charge in [-0.05, 0) is 29.8 Å². The highest BCUT2D eigenvalue weighted by Crippen LogP contribution is 2.26. The molecule has 0 fully saturated rings. The highest BCUT2D eigenvalue weighted by Gasteiger charge is 2.14. The van der Waals surface area contributed by atoms with Crippen LogP contribution in [0, 0.1) is 11.3 Å². The van der Waals surface area contributed by atoms with Gasteiger partial charge < -0.3 is 15.0 Å². The van der Waals surface area contributed by atoms with Crippen LogP contribution in [0.25, 0.3) is 11.3 Å². The first-order valence-corrected chi connectivity index (χ1v) is 9.21. The van der Waals surface area contributed by atoms with Gasteiger partial charge in [-0.15, -0.1) is 0 Å². The molecule has 0 unspecified atom stereocenters. The number of anilines is 1. The summed E-state index contributed by atoms with van der Waals surface area (Å²) < 4.78 is 5.23. The average molecular weight is 378 g/mol. The number of aromatic nitrogens is 2. The van der Waals surface area contributed by atoms with Crippen LogP contribution >= 0.6 is 11.8 Å². The number of rotatable bonds is 6. The van der Waals surface area contributed by atoms with Gasteiger partial charge in [-0.25, -0.2) is 4.98 Å². The zero-order valence-corrected chi connectivity index (χ0v) is 15.8. The summed E-state index contributed by atoms with van der Waals surface area (Å²) in [7, 11) is 3.43. The van der Waals surface area contributed by atoms with Gasteiger partial charge in [0.1, 0.15) is 17.4 Å². The third-order valence-corrected chi connectivity index (χ3v) is 4.89. The summed E-state index contributed by atoms with van der Waals surface area (Å²) in [5.74, 6) is 1.28. The van der Waals surface area contributed by atoms with Gasteiger partial charge in [0.15, 0.2) is 5.16 Å².